The zero-order valence-corrected chi connectivity index (χ0v) is 28.2. The van der Waals surface area contributed by atoms with Crippen molar-refractivity contribution in [2.24, 2.45) is 45.3 Å². The SMILES string of the molecule is CC(C)=CC/C=C(/C)C1CC[C@]2(C)C1[C@H](O)CC1[C@@]3(C)CC[C@H](O)C(C)(C)C3C(O[C@@H]3O[C@H](CO)[C@@H](O)[C@H](O)[C@H]3O)C[C@]12C. The van der Waals surface area contributed by atoms with Gasteiger partial charge in [0.25, 0.3) is 0 Å². The maximum Gasteiger partial charge on any atom is 0.186 e. The van der Waals surface area contributed by atoms with E-state index in [0.717, 1.165) is 25.7 Å². The Bertz CT molecular complexity index is 1110. The number of hydrogen-bond acceptors (Lipinski definition) is 8. The molecule has 15 atom stereocenters. The normalized spacial score (nSPS) is 52.1. The van der Waals surface area contributed by atoms with Gasteiger partial charge in [-0.1, -0.05) is 57.9 Å². The van der Waals surface area contributed by atoms with Crippen molar-refractivity contribution in [3.05, 3.63) is 23.3 Å². The van der Waals surface area contributed by atoms with Gasteiger partial charge in [-0.2, -0.15) is 0 Å². The molecule has 6 N–H and O–H groups in total. The van der Waals surface area contributed by atoms with E-state index in [1.165, 1.54) is 11.1 Å². The van der Waals surface area contributed by atoms with Crippen LogP contribution >= 0.6 is 0 Å². The number of rotatable bonds is 6. The van der Waals surface area contributed by atoms with Gasteiger partial charge < -0.3 is 40.1 Å². The zero-order valence-electron chi connectivity index (χ0n) is 28.2. The van der Waals surface area contributed by atoms with Gasteiger partial charge in [-0.3, -0.25) is 0 Å². The molecule has 4 aliphatic carbocycles. The summed E-state index contributed by atoms with van der Waals surface area (Å²) in [4.78, 5) is 0. The Morgan fingerprint density at radius 1 is 0.864 bits per heavy atom. The number of ether oxygens (including phenoxy) is 2. The lowest BCUT2D eigenvalue weighted by molar-refractivity contribution is -0.346. The molecule has 44 heavy (non-hydrogen) atoms. The molecule has 0 bridgehead atoms. The van der Waals surface area contributed by atoms with Gasteiger partial charge in [0.2, 0.25) is 0 Å². The number of fused-ring (bicyclic) bond motifs is 5. The molecule has 5 unspecified atom stereocenters. The van der Waals surface area contributed by atoms with Gasteiger partial charge >= 0.3 is 0 Å². The van der Waals surface area contributed by atoms with E-state index in [1.807, 2.05) is 0 Å². The van der Waals surface area contributed by atoms with Gasteiger partial charge in [0, 0.05) is 0 Å². The van der Waals surface area contributed by atoms with Crippen LogP contribution in [0, 0.1) is 45.3 Å². The van der Waals surface area contributed by atoms with Gasteiger partial charge in [0.05, 0.1) is 24.9 Å². The van der Waals surface area contributed by atoms with Crippen LogP contribution in [0.4, 0.5) is 0 Å². The second-order valence-corrected chi connectivity index (χ2v) is 16.8. The van der Waals surface area contributed by atoms with Crippen molar-refractivity contribution in [2.75, 3.05) is 6.61 Å². The molecule has 0 amide bonds. The summed E-state index contributed by atoms with van der Waals surface area (Å²) >= 11 is 0. The first-order chi connectivity index (χ1) is 20.4. The topological polar surface area (TPSA) is 140 Å². The summed E-state index contributed by atoms with van der Waals surface area (Å²) in [6.07, 6.45) is 2.23. The highest BCUT2D eigenvalue weighted by atomic mass is 16.7. The lowest BCUT2D eigenvalue weighted by Gasteiger charge is -2.72. The highest BCUT2D eigenvalue weighted by Gasteiger charge is 2.72. The predicted molar refractivity (Wildman–Crippen MR) is 168 cm³/mol. The number of aliphatic hydroxyl groups excluding tert-OH is 6. The van der Waals surface area contributed by atoms with E-state index in [1.54, 1.807) is 0 Å². The minimum atomic E-state index is -1.52. The summed E-state index contributed by atoms with van der Waals surface area (Å²) in [5.41, 5.74) is 1.49. The number of allylic oxidation sites excluding steroid dienone is 4. The molecule has 5 rings (SSSR count). The first-order valence-electron chi connectivity index (χ1n) is 17.1. The second-order valence-electron chi connectivity index (χ2n) is 16.8. The van der Waals surface area contributed by atoms with Crippen molar-refractivity contribution in [3.8, 4) is 0 Å². The summed E-state index contributed by atoms with van der Waals surface area (Å²) in [7, 11) is 0. The molecular weight excluding hydrogens is 560 g/mol. The van der Waals surface area contributed by atoms with E-state index in [0.29, 0.717) is 25.2 Å². The van der Waals surface area contributed by atoms with E-state index in [2.05, 4.69) is 67.5 Å². The van der Waals surface area contributed by atoms with Crippen LogP contribution in [0.25, 0.3) is 0 Å². The summed E-state index contributed by atoms with van der Waals surface area (Å²) in [6.45, 7) is 17.2. The molecule has 8 heteroatoms. The number of aliphatic hydroxyl groups is 6. The Balaban J connectivity index is 1.55. The smallest absolute Gasteiger partial charge is 0.186 e. The predicted octanol–water partition coefficient (Wildman–Crippen LogP) is 4.10. The molecule has 5 aliphatic rings. The second kappa shape index (κ2) is 12.0. The Morgan fingerprint density at radius 3 is 2.18 bits per heavy atom. The van der Waals surface area contributed by atoms with Crippen molar-refractivity contribution >= 4 is 0 Å². The fourth-order valence-corrected chi connectivity index (χ4v) is 11.5. The molecular formula is C36H60O8. The van der Waals surface area contributed by atoms with Gasteiger partial charge in [-0.15, -0.1) is 0 Å². The molecule has 0 aromatic rings. The highest BCUT2D eigenvalue weighted by molar-refractivity contribution is 5.24. The minimum absolute atomic E-state index is 0.112. The summed E-state index contributed by atoms with van der Waals surface area (Å²) in [6, 6.07) is 0. The molecule has 0 aromatic heterocycles. The molecule has 8 nitrogen and oxygen atoms in total. The standard InChI is InChI=1S/C36H60O8/c1-19(2)10-9-11-20(3)21-12-15-35(7)27(21)22(38)16-25-34(6)14-13-26(39)33(4,5)31(34)23(17-36(25,35)8)43-32-30(42)29(41)28(40)24(18-37)44-32/h10-11,21-32,37-42H,9,12-18H2,1-8H3/b20-11-/t21?,22-,23?,24-,25?,26+,27?,28-,29+,30-,31?,32-,34-,35-,36-/m1/s1. The van der Waals surface area contributed by atoms with Crippen LogP contribution in [0.3, 0.4) is 0 Å². The van der Waals surface area contributed by atoms with E-state index < -0.39 is 61.0 Å². The summed E-state index contributed by atoms with van der Waals surface area (Å²) in [5.74, 6) is 0.506. The van der Waals surface area contributed by atoms with Crippen molar-refractivity contribution in [3.63, 3.8) is 0 Å². The monoisotopic (exact) mass is 620 g/mol. The molecule has 252 valence electrons. The van der Waals surface area contributed by atoms with Crippen molar-refractivity contribution in [2.45, 2.75) is 149 Å². The first kappa shape index (κ1) is 34.5. The molecule has 5 fully saturated rings. The number of hydrogen-bond donors (Lipinski definition) is 6. The Morgan fingerprint density at radius 2 is 1.55 bits per heavy atom. The van der Waals surface area contributed by atoms with Crippen LogP contribution in [0.1, 0.15) is 100 Å². The van der Waals surface area contributed by atoms with E-state index in [-0.39, 0.29) is 34.0 Å². The maximum absolute atomic E-state index is 12.0. The van der Waals surface area contributed by atoms with E-state index in [9.17, 15) is 30.6 Å². The average Bonchev–Trinajstić information content (AvgIpc) is 3.32. The molecule has 1 saturated heterocycles. The minimum Gasteiger partial charge on any atom is -0.394 e. The summed E-state index contributed by atoms with van der Waals surface area (Å²) < 4.78 is 12.6. The Labute approximate surface area is 264 Å². The van der Waals surface area contributed by atoms with Crippen LogP contribution in [-0.4, -0.2) is 86.3 Å². The van der Waals surface area contributed by atoms with Crippen molar-refractivity contribution < 1.29 is 40.1 Å². The van der Waals surface area contributed by atoms with Crippen LogP contribution in [0.2, 0.25) is 0 Å². The fourth-order valence-electron chi connectivity index (χ4n) is 11.5. The fraction of sp³-hybridized carbons (Fsp3) is 0.889. The van der Waals surface area contributed by atoms with Crippen LogP contribution in [-0.2, 0) is 9.47 Å². The van der Waals surface area contributed by atoms with E-state index >= 15 is 0 Å². The van der Waals surface area contributed by atoms with E-state index in [4.69, 9.17) is 9.47 Å². The lowest BCUT2D eigenvalue weighted by atomic mass is 9.34. The van der Waals surface area contributed by atoms with Crippen LogP contribution in [0.15, 0.2) is 23.3 Å². The highest BCUT2D eigenvalue weighted by Crippen LogP contribution is 2.76. The Hall–Kier alpha value is -0.840. The van der Waals surface area contributed by atoms with Gasteiger partial charge in [-0.05, 0) is 111 Å². The Kier molecular flexibility index (Phi) is 9.40. The van der Waals surface area contributed by atoms with Crippen LogP contribution < -0.4 is 0 Å². The van der Waals surface area contributed by atoms with Gasteiger partial charge in [0.15, 0.2) is 6.29 Å². The molecule has 1 aliphatic heterocycles. The zero-order chi connectivity index (χ0) is 32.6. The maximum atomic E-state index is 12.0. The molecule has 0 spiro atoms. The third-order valence-electron chi connectivity index (χ3n) is 13.9. The first-order valence-corrected chi connectivity index (χ1v) is 17.1. The van der Waals surface area contributed by atoms with Gasteiger partial charge in [-0.25, -0.2) is 0 Å². The van der Waals surface area contributed by atoms with Crippen molar-refractivity contribution in [1.29, 1.82) is 0 Å². The average molecular weight is 621 g/mol. The van der Waals surface area contributed by atoms with Crippen LogP contribution in [0.5, 0.6) is 0 Å². The summed E-state index contributed by atoms with van der Waals surface area (Å²) in [5, 5.41) is 65.2. The largest absolute Gasteiger partial charge is 0.394 e. The quantitative estimate of drug-likeness (QED) is 0.193. The van der Waals surface area contributed by atoms with Gasteiger partial charge in [0.1, 0.15) is 24.4 Å². The van der Waals surface area contributed by atoms with Crippen molar-refractivity contribution in [1.82, 2.24) is 0 Å². The molecule has 0 radical (unpaired) electrons. The molecule has 4 saturated carbocycles. The third kappa shape index (κ3) is 5.18. The molecule has 1 heterocycles. The molecule has 0 aromatic carbocycles. The third-order valence-corrected chi connectivity index (χ3v) is 13.9. The lowest BCUT2D eigenvalue weighted by Crippen LogP contribution is -2.70.